The van der Waals surface area contributed by atoms with Crippen molar-refractivity contribution < 1.29 is 4.79 Å². The number of aromatic nitrogens is 1. The number of fused-ring (bicyclic) bond motifs is 5. The lowest BCUT2D eigenvalue weighted by molar-refractivity contribution is 0.104. The normalized spacial score (nSPS) is 12.2. The minimum atomic E-state index is 0.0976. The number of hydrogen-bond acceptors (Lipinski definition) is 2. The summed E-state index contributed by atoms with van der Waals surface area (Å²) in [6.45, 7) is 0. The van der Waals surface area contributed by atoms with Crippen LogP contribution in [0.1, 0.15) is 15.9 Å². The third-order valence-electron chi connectivity index (χ3n) is 4.63. The summed E-state index contributed by atoms with van der Waals surface area (Å²) < 4.78 is 0. The van der Waals surface area contributed by atoms with Crippen LogP contribution in [0.2, 0.25) is 0 Å². The predicted molar refractivity (Wildman–Crippen MR) is 96.0 cm³/mol. The van der Waals surface area contributed by atoms with Crippen LogP contribution in [-0.2, 0) is 0 Å². The first kappa shape index (κ1) is 13.2. The second-order valence-electron chi connectivity index (χ2n) is 5.99. The molecule has 0 spiro atoms. The maximum Gasteiger partial charge on any atom is 0.194 e. The molecule has 0 aliphatic heterocycles. The standard InChI is InChI=1S/C22H13NO/c24-22-17-9-5-4-8-15(17)16-10-13-20-18(21(16)22)11-12-19(23-20)14-6-2-1-3-7-14/h1-13H. The Bertz CT molecular complexity index is 1110. The van der Waals surface area contributed by atoms with E-state index in [0.717, 1.165) is 44.4 Å². The Kier molecular flexibility index (Phi) is 2.68. The number of pyridine rings is 1. The van der Waals surface area contributed by atoms with Crippen LogP contribution in [0.5, 0.6) is 0 Å². The molecule has 0 amide bonds. The van der Waals surface area contributed by atoms with Crippen LogP contribution in [0.3, 0.4) is 0 Å². The van der Waals surface area contributed by atoms with Gasteiger partial charge in [0.15, 0.2) is 5.78 Å². The lowest BCUT2D eigenvalue weighted by Crippen LogP contribution is -1.97. The fourth-order valence-electron chi connectivity index (χ4n) is 3.49. The number of ketones is 1. The SMILES string of the molecule is O=C1c2ccccc2-c2ccc3nc(-c4ccccc4)ccc3c21. The summed E-state index contributed by atoms with van der Waals surface area (Å²) in [6, 6.07) is 25.9. The summed E-state index contributed by atoms with van der Waals surface area (Å²) in [7, 11) is 0. The second-order valence-corrected chi connectivity index (χ2v) is 5.99. The van der Waals surface area contributed by atoms with Gasteiger partial charge in [-0.1, -0.05) is 60.7 Å². The fraction of sp³-hybridized carbons (Fsp3) is 0. The van der Waals surface area contributed by atoms with E-state index in [9.17, 15) is 4.79 Å². The zero-order valence-corrected chi connectivity index (χ0v) is 12.9. The molecule has 1 heterocycles. The summed E-state index contributed by atoms with van der Waals surface area (Å²) in [5, 5.41) is 0.924. The van der Waals surface area contributed by atoms with Gasteiger partial charge in [0.1, 0.15) is 0 Å². The summed E-state index contributed by atoms with van der Waals surface area (Å²) in [5.74, 6) is 0.0976. The molecule has 1 aliphatic carbocycles. The Morgan fingerprint density at radius 3 is 2.21 bits per heavy atom. The minimum absolute atomic E-state index is 0.0976. The van der Waals surface area contributed by atoms with Crippen molar-refractivity contribution >= 4 is 16.7 Å². The molecule has 0 N–H and O–H groups in total. The van der Waals surface area contributed by atoms with Gasteiger partial charge in [-0.25, -0.2) is 4.98 Å². The van der Waals surface area contributed by atoms with Crippen molar-refractivity contribution in [3.63, 3.8) is 0 Å². The van der Waals surface area contributed by atoms with Gasteiger partial charge in [-0.3, -0.25) is 4.79 Å². The molecule has 0 bridgehead atoms. The van der Waals surface area contributed by atoms with Crippen molar-refractivity contribution in [1.82, 2.24) is 4.98 Å². The number of nitrogens with zero attached hydrogens (tertiary/aromatic N) is 1. The molecule has 5 rings (SSSR count). The molecule has 112 valence electrons. The molecule has 2 nitrogen and oxygen atoms in total. The Morgan fingerprint density at radius 1 is 0.625 bits per heavy atom. The summed E-state index contributed by atoms with van der Waals surface area (Å²) in [5.41, 5.74) is 6.45. The van der Waals surface area contributed by atoms with Crippen LogP contribution in [-0.4, -0.2) is 10.8 Å². The number of benzene rings is 3. The summed E-state index contributed by atoms with van der Waals surface area (Å²) in [4.78, 5) is 17.6. The highest BCUT2D eigenvalue weighted by molar-refractivity contribution is 6.27. The van der Waals surface area contributed by atoms with Crippen molar-refractivity contribution in [3.05, 3.63) is 90.0 Å². The highest BCUT2D eigenvalue weighted by Gasteiger charge is 2.28. The first-order valence-electron chi connectivity index (χ1n) is 7.96. The van der Waals surface area contributed by atoms with E-state index < -0.39 is 0 Å². The van der Waals surface area contributed by atoms with Crippen LogP contribution in [0.15, 0.2) is 78.9 Å². The zero-order valence-electron chi connectivity index (χ0n) is 12.9. The molecular weight excluding hydrogens is 294 g/mol. The average Bonchev–Trinajstić information content (AvgIpc) is 2.95. The Morgan fingerprint density at radius 2 is 1.38 bits per heavy atom. The van der Waals surface area contributed by atoms with E-state index in [1.807, 2.05) is 78.9 Å². The van der Waals surface area contributed by atoms with E-state index >= 15 is 0 Å². The average molecular weight is 307 g/mol. The summed E-state index contributed by atoms with van der Waals surface area (Å²) >= 11 is 0. The Balaban J connectivity index is 1.76. The van der Waals surface area contributed by atoms with Gasteiger partial charge in [-0.05, 0) is 29.3 Å². The molecule has 1 aromatic heterocycles. The molecule has 1 aliphatic rings. The molecule has 0 saturated heterocycles. The third-order valence-corrected chi connectivity index (χ3v) is 4.63. The first-order valence-corrected chi connectivity index (χ1v) is 7.96. The highest BCUT2D eigenvalue weighted by Crippen LogP contribution is 2.40. The number of hydrogen-bond donors (Lipinski definition) is 0. The van der Waals surface area contributed by atoms with Crippen molar-refractivity contribution in [2.24, 2.45) is 0 Å². The zero-order chi connectivity index (χ0) is 16.1. The molecule has 4 aromatic rings. The Hall–Kier alpha value is -3.26. The van der Waals surface area contributed by atoms with Gasteiger partial charge in [0.2, 0.25) is 0 Å². The predicted octanol–water partition coefficient (Wildman–Crippen LogP) is 5.11. The highest BCUT2D eigenvalue weighted by atomic mass is 16.1. The van der Waals surface area contributed by atoms with Gasteiger partial charge >= 0.3 is 0 Å². The topological polar surface area (TPSA) is 30.0 Å². The van der Waals surface area contributed by atoms with Gasteiger partial charge in [-0.2, -0.15) is 0 Å². The molecular formula is C22H13NO. The van der Waals surface area contributed by atoms with Gasteiger partial charge in [0, 0.05) is 22.1 Å². The molecule has 0 unspecified atom stereocenters. The fourth-order valence-corrected chi connectivity index (χ4v) is 3.49. The lowest BCUT2D eigenvalue weighted by atomic mass is 10.0. The van der Waals surface area contributed by atoms with Gasteiger partial charge in [0.05, 0.1) is 11.2 Å². The number of carbonyl (C=O) groups is 1. The van der Waals surface area contributed by atoms with Crippen LogP contribution in [0.4, 0.5) is 0 Å². The maximum absolute atomic E-state index is 12.8. The molecule has 24 heavy (non-hydrogen) atoms. The van der Waals surface area contributed by atoms with Crippen LogP contribution in [0.25, 0.3) is 33.3 Å². The molecule has 2 heteroatoms. The van der Waals surface area contributed by atoms with Crippen LogP contribution in [0, 0.1) is 0 Å². The van der Waals surface area contributed by atoms with E-state index in [4.69, 9.17) is 4.98 Å². The Labute approximate surface area is 139 Å². The number of carbonyl (C=O) groups excluding carboxylic acids is 1. The van der Waals surface area contributed by atoms with E-state index in [-0.39, 0.29) is 5.78 Å². The molecule has 0 saturated carbocycles. The smallest absolute Gasteiger partial charge is 0.194 e. The van der Waals surface area contributed by atoms with Crippen LogP contribution < -0.4 is 0 Å². The maximum atomic E-state index is 12.8. The van der Waals surface area contributed by atoms with E-state index in [1.54, 1.807) is 0 Å². The van der Waals surface area contributed by atoms with Crippen molar-refractivity contribution in [2.45, 2.75) is 0 Å². The third kappa shape index (κ3) is 1.77. The van der Waals surface area contributed by atoms with E-state index in [1.165, 1.54) is 0 Å². The molecule has 0 fully saturated rings. The van der Waals surface area contributed by atoms with Crippen molar-refractivity contribution in [1.29, 1.82) is 0 Å². The minimum Gasteiger partial charge on any atom is -0.289 e. The van der Waals surface area contributed by atoms with Gasteiger partial charge in [0.25, 0.3) is 0 Å². The number of rotatable bonds is 1. The first-order chi connectivity index (χ1) is 11.8. The van der Waals surface area contributed by atoms with E-state index in [2.05, 4.69) is 0 Å². The van der Waals surface area contributed by atoms with Gasteiger partial charge < -0.3 is 0 Å². The van der Waals surface area contributed by atoms with Crippen molar-refractivity contribution in [3.8, 4) is 22.4 Å². The molecule has 3 aromatic carbocycles. The van der Waals surface area contributed by atoms with Crippen LogP contribution >= 0.6 is 0 Å². The largest absolute Gasteiger partial charge is 0.289 e. The van der Waals surface area contributed by atoms with Gasteiger partial charge in [-0.15, -0.1) is 0 Å². The monoisotopic (exact) mass is 307 g/mol. The quantitative estimate of drug-likeness (QED) is 0.430. The van der Waals surface area contributed by atoms with Crippen molar-refractivity contribution in [2.75, 3.05) is 0 Å². The van der Waals surface area contributed by atoms with E-state index in [0.29, 0.717) is 0 Å². The second kappa shape index (κ2) is 4.87. The molecule has 0 atom stereocenters. The lowest BCUT2D eigenvalue weighted by Gasteiger charge is -2.07. The molecule has 0 radical (unpaired) electrons. The summed E-state index contributed by atoms with van der Waals surface area (Å²) in [6.07, 6.45) is 0.